The van der Waals surface area contributed by atoms with E-state index in [1.807, 2.05) is 17.0 Å². The van der Waals surface area contributed by atoms with Gasteiger partial charge in [0.25, 0.3) is 5.91 Å². The number of aromatic nitrogens is 4. The molecular weight excluding hydrogens is 453 g/mol. The van der Waals surface area contributed by atoms with Crippen molar-refractivity contribution in [2.75, 3.05) is 13.2 Å². The third-order valence-electron chi connectivity index (χ3n) is 5.23. The number of carbonyl (C=O) groups is 1. The molecule has 1 aliphatic rings. The van der Waals surface area contributed by atoms with Crippen molar-refractivity contribution in [1.29, 1.82) is 0 Å². The van der Waals surface area contributed by atoms with Crippen LogP contribution in [0.5, 0.6) is 5.88 Å². The minimum atomic E-state index is -0.401. The number of nitrogens with zero attached hydrogens (tertiary/aromatic N) is 5. The summed E-state index contributed by atoms with van der Waals surface area (Å²) in [4.78, 5) is 20.7. The molecule has 2 atom stereocenters. The fraction of sp³-hybridized carbons (Fsp3) is 0.333. The molecular formula is C21H21BrFN5O2. The molecule has 4 rings (SSSR count). The Balaban J connectivity index is 1.50. The third-order valence-corrected chi connectivity index (χ3v) is 5.72. The fourth-order valence-electron chi connectivity index (χ4n) is 3.60. The van der Waals surface area contributed by atoms with E-state index >= 15 is 0 Å². The normalized spacial score (nSPS) is 19.0. The Bertz CT molecular complexity index is 1010. The SMILES string of the molecule is C[C@@H]1CC[C@@H](COc2ccc(F)cn2)CN1C(=O)c1cc(Br)ccc1-n1nccn1. The summed E-state index contributed by atoms with van der Waals surface area (Å²) in [5, 5.41) is 8.35. The number of likely N-dealkylation sites (tertiary alicyclic amines) is 1. The standard InChI is InChI=1S/C21H21BrFN5O2/c1-14-2-3-15(13-30-20-7-5-17(23)11-24-20)12-27(14)21(29)18-10-16(22)4-6-19(18)28-25-8-9-26-28/h4-11,14-15H,2-3,12-13H2,1H3/t14-,15-/m1/s1. The van der Waals surface area contributed by atoms with Crippen LogP contribution in [0.3, 0.4) is 0 Å². The van der Waals surface area contributed by atoms with E-state index in [1.54, 1.807) is 18.5 Å². The summed E-state index contributed by atoms with van der Waals surface area (Å²) < 4.78 is 19.6. The lowest BCUT2D eigenvalue weighted by atomic mass is 9.93. The van der Waals surface area contributed by atoms with Gasteiger partial charge in [0.1, 0.15) is 5.82 Å². The first-order valence-electron chi connectivity index (χ1n) is 9.73. The molecule has 3 heterocycles. The predicted molar refractivity (Wildman–Crippen MR) is 112 cm³/mol. The molecule has 0 aliphatic carbocycles. The van der Waals surface area contributed by atoms with Crippen molar-refractivity contribution >= 4 is 21.8 Å². The second-order valence-electron chi connectivity index (χ2n) is 7.36. The van der Waals surface area contributed by atoms with Crippen LogP contribution in [0, 0.1) is 11.7 Å². The lowest BCUT2D eigenvalue weighted by Gasteiger charge is -2.38. The third kappa shape index (κ3) is 4.51. The number of pyridine rings is 1. The summed E-state index contributed by atoms with van der Waals surface area (Å²) in [6, 6.07) is 8.42. The largest absolute Gasteiger partial charge is 0.477 e. The van der Waals surface area contributed by atoms with E-state index < -0.39 is 5.82 Å². The number of amides is 1. The lowest BCUT2D eigenvalue weighted by Crippen LogP contribution is -2.47. The molecule has 2 aromatic heterocycles. The molecule has 0 unspecified atom stereocenters. The molecule has 3 aromatic rings. The van der Waals surface area contributed by atoms with E-state index in [0.29, 0.717) is 30.3 Å². The molecule has 9 heteroatoms. The average molecular weight is 474 g/mol. The van der Waals surface area contributed by atoms with Gasteiger partial charge in [0.05, 0.1) is 36.4 Å². The molecule has 1 aliphatic heterocycles. The summed E-state index contributed by atoms with van der Waals surface area (Å²) in [5.74, 6) is 0.0742. The van der Waals surface area contributed by atoms with Gasteiger partial charge in [0.15, 0.2) is 0 Å². The number of hydrogen-bond acceptors (Lipinski definition) is 5. The second kappa shape index (κ2) is 8.91. The topological polar surface area (TPSA) is 73.1 Å². The first-order valence-corrected chi connectivity index (χ1v) is 10.5. The first-order chi connectivity index (χ1) is 14.5. The molecule has 0 spiro atoms. The molecule has 1 fully saturated rings. The van der Waals surface area contributed by atoms with Gasteiger partial charge in [-0.05, 0) is 44.0 Å². The van der Waals surface area contributed by atoms with E-state index in [2.05, 4.69) is 38.0 Å². The van der Waals surface area contributed by atoms with E-state index in [0.717, 1.165) is 23.5 Å². The van der Waals surface area contributed by atoms with Crippen LogP contribution in [-0.4, -0.2) is 50.0 Å². The molecule has 7 nitrogen and oxygen atoms in total. The van der Waals surface area contributed by atoms with Crippen LogP contribution in [0.15, 0.2) is 53.4 Å². The number of rotatable bonds is 5. The van der Waals surface area contributed by atoms with Crippen molar-refractivity contribution in [1.82, 2.24) is 24.9 Å². The van der Waals surface area contributed by atoms with Gasteiger partial charge in [-0.2, -0.15) is 15.0 Å². The summed E-state index contributed by atoms with van der Waals surface area (Å²) in [6.07, 6.45) is 6.11. The van der Waals surface area contributed by atoms with Crippen molar-refractivity contribution in [2.45, 2.75) is 25.8 Å². The summed E-state index contributed by atoms with van der Waals surface area (Å²) in [7, 11) is 0. The minimum absolute atomic E-state index is 0.0688. The second-order valence-corrected chi connectivity index (χ2v) is 8.27. The van der Waals surface area contributed by atoms with Crippen LogP contribution < -0.4 is 4.74 Å². The number of hydrogen-bond donors (Lipinski definition) is 0. The highest BCUT2D eigenvalue weighted by Gasteiger charge is 2.31. The van der Waals surface area contributed by atoms with E-state index in [-0.39, 0.29) is 17.9 Å². The Hall–Kier alpha value is -2.81. The average Bonchev–Trinajstić information content (AvgIpc) is 3.28. The van der Waals surface area contributed by atoms with Crippen LogP contribution in [-0.2, 0) is 0 Å². The van der Waals surface area contributed by atoms with Crippen molar-refractivity contribution in [3.63, 3.8) is 0 Å². The van der Waals surface area contributed by atoms with E-state index in [1.165, 1.54) is 16.9 Å². The molecule has 0 N–H and O–H groups in total. The maximum atomic E-state index is 13.5. The monoisotopic (exact) mass is 473 g/mol. The molecule has 156 valence electrons. The maximum absolute atomic E-state index is 13.5. The molecule has 1 aromatic carbocycles. The van der Waals surface area contributed by atoms with Crippen LogP contribution >= 0.6 is 15.9 Å². The van der Waals surface area contributed by atoms with Gasteiger partial charge < -0.3 is 9.64 Å². The molecule has 0 saturated carbocycles. The first kappa shape index (κ1) is 20.5. The summed E-state index contributed by atoms with van der Waals surface area (Å²) in [6.45, 7) is 3.04. The highest BCUT2D eigenvalue weighted by molar-refractivity contribution is 9.10. The van der Waals surface area contributed by atoms with Crippen LogP contribution in [0.25, 0.3) is 5.69 Å². The Morgan fingerprint density at radius 3 is 2.77 bits per heavy atom. The van der Waals surface area contributed by atoms with Crippen molar-refractivity contribution in [3.05, 3.63) is 64.8 Å². The van der Waals surface area contributed by atoms with Gasteiger partial charge in [-0.15, -0.1) is 0 Å². The van der Waals surface area contributed by atoms with Crippen LogP contribution in [0.1, 0.15) is 30.1 Å². The van der Waals surface area contributed by atoms with Crippen molar-refractivity contribution < 1.29 is 13.9 Å². The van der Waals surface area contributed by atoms with Gasteiger partial charge in [0, 0.05) is 29.0 Å². The molecule has 1 saturated heterocycles. The fourth-order valence-corrected chi connectivity index (χ4v) is 3.96. The van der Waals surface area contributed by atoms with Crippen molar-refractivity contribution in [3.8, 4) is 11.6 Å². The number of piperidine rings is 1. The Kier molecular flexibility index (Phi) is 6.08. The Morgan fingerprint density at radius 1 is 1.23 bits per heavy atom. The summed E-state index contributed by atoms with van der Waals surface area (Å²) >= 11 is 3.46. The molecule has 30 heavy (non-hydrogen) atoms. The Labute approximate surface area is 182 Å². The predicted octanol–water partition coefficient (Wildman–Crippen LogP) is 3.88. The molecule has 1 amide bonds. The van der Waals surface area contributed by atoms with Gasteiger partial charge in [0.2, 0.25) is 5.88 Å². The minimum Gasteiger partial charge on any atom is -0.477 e. The lowest BCUT2D eigenvalue weighted by molar-refractivity contribution is 0.0502. The zero-order valence-corrected chi connectivity index (χ0v) is 18.0. The molecule has 0 radical (unpaired) electrons. The van der Waals surface area contributed by atoms with Crippen LogP contribution in [0.4, 0.5) is 4.39 Å². The van der Waals surface area contributed by atoms with Crippen molar-refractivity contribution in [2.24, 2.45) is 5.92 Å². The molecule has 0 bridgehead atoms. The number of ether oxygens (including phenoxy) is 1. The number of benzene rings is 1. The van der Waals surface area contributed by atoms with Crippen LogP contribution in [0.2, 0.25) is 0 Å². The zero-order chi connectivity index (χ0) is 21.1. The van der Waals surface area contributed by atoms with Gasteiger partial charge >= 0.3 is 0 Å². The number of halogens is 2. The van der Waals surface area contributed by atoms with Gasteiger partial charge in [-0.1, -0.05) is 15.9 Å². The van der Waals surface area contributed by atoms with Gasteiger partial charge in [-0.3, -0.25) is 4.79 Å². The number of carbonyl (C=O) groups excluding carboxylic acids is 1. The summed E-state index contributed by atoms with van der Waals surface area (Å²) in [5.41, 5.74) is 1.17. The maximum Gasteiger partial charge on any atom is 0.256 e. The van der Waals surface area contributed by atoms with Gasteiger partial charge in [-0.25, -0.2) is 9.37 Å². The smallest absolute Gasteiger partial charge is 0.256 e. The zero-order valence-electron chi connectivity index (χ0n) is 16.4. The quantitative estimate of drug-likeness (QED) is 0.561. The Morgan fingerprint density at radius 2 is 2.03 bits per heavy atom. The van der Waals surface area contributed by atoms with E-state index in [9.17, 15) is 9.18 Å². The van der Waals surface area contributed by atoms with E-state index in [4.69, 9.17) is 4.74 Å². The highest BCUT2D eigenvalue weighted by atomic mass is 79.9. The highest BCUT2D eigenvalue weighted by Crippen LogP contribution is 2.27.